The molecule has 17 heavy (non-hydrogen) atoms. The van der Waals surface area contributed by atoms with Crippen molar-refractivity contribution >= 4 is 6.16 Å². The Hall–Kier alpha value is -1.51. The molecule has 1 aromatic carbocycles. The molecule has 0 aliphatic rings. The highest BCUT2D eigenvalue weighted by atomic mass is 16.7. The van der Waals surface area contributed by atoms with Gasteiger partial charge >= 0.3 is 6.16 Å². The molecule has 0 N–H and O–H groups in total. The zero-order valence-electron chi connectivity index (χ0n) is 11.2. The molecule has 0 saturated heterocycles. The predicted molar refractivity (Wildman–Crippen MR) is 66.9 cm³/mol. The van der Waals surface area contributed by atoms with Crippen LogP contribution in [0.4, 0.5) is 4.79 Å². The molecule has 0 saturated carbocycles. The van der Waals surface area contributed by atoms with Gasteiger partial charge in [-0.15, -0.1) is 0 Å². The first-order valence-electron chi connectivity index (χ1n) is 5.70. The first kappa shape index (κ1) is 13.6. The average molecular weight is 236 g/mol. The molecule has 1 rings (SSSR count). The SMILES string of the molecule is Cc1ccc(COC(=O)OC(C)(C)C)cc1C. The average Bonchev–Trinajstić information content (AvgIpc) is 2.17. The Labute approximate surface area is 103 Å². The molecule has 0 aliphatic heterocycles. The van der Waals surface area contributed by atoms with Crippen molar-refractivity contribution in [2.75, 3.05) is 0 Å². The van der Waals surface area contributed by atoms with Gasteiger partial charge in [-0.1, -0.05) is 18.2 Å². The van der Waals surface area contributed by atoms with E-state index in [1.165, 1.54) is 11.1 Å². The fraction of sp³-hybridized carbons (Fsp3) is 0.500. The summed E-state index contributed by atoms with van der Waals surface area (Å²) in [4.78, 5) is 11.3. The van der Waals surface area contributed by atoms with Gasteiger partial charge in [-0.05, 0) is 51.3 Å². The van der Waals surface area contributed by atoms with Crippen LogP contribution in [0.2, 0.25) is 0 Å². The molecule has 0 unspecified atom stereocenters. The van der Waals surface area contributed by atoms with E-state index >= 15 is 0 Å². The maximum atomic E-state index is 11.3. The molecule has 3 heteroatoms. The molecular formula is C14H20O3. The topological polar surface area (TPSA) is 35.5 Å². The summed E-state index contributed by atoms with van der Waals surface area (Å²) in [5.74, 6) is 0. The zero-order chi connectivity index (χ0) is 13.1. The standard InChI is InChI=1S/C14H20O3/c1-10-6-7-12(8-11(10)2)9-16-13(15)17-14(3,4)5/h6-8H,9H2,1-5H3. The Balaban J connectivity index is 2.50. The summed E-state index contributed by atoms with van der Waals surface area (Å²) in [6.45, 7) is 9.76. The molecule has 0 amide bonds. The van der Waals surface area contributed by atoms with Gasteiger partial charge in [-0.2, -0.15) is 0 Å². The highest BCUT2D eigenvalue weighted by Crippen LogP contribution is 2.12. The molecule has 3 nitrogen and oxygen atoms in total. The number of hydrogen-bond donors (Lipinski definition) is 0. The van der Waals surface area contributed by atoms with Crippen LogP contribution < -0.4 is 0 Å². The van der Waals surface area contributed by atoms with Gasteiger partial charge in [-0.25, -0.2) is 4.79 Å². The summed E-state index contributed by atoms with van der Waals surface area (Å²) in [5.41, 5.74) is 2.88. The third kappa shape index (κ3) is 4.89. The van der Waals surface area contributed by atoms with Crippen LogP contribution in [0.1, 0.15) is 37.5 Å². The molecule has 1 aromatic rings. The molecule has 0 spiro atoms. The summed E-state index contributed by atoms with van der Waals surface area (Å²) in [6.07, 6.45) is -0.629. The Morgan fingerprint density at radius 2 is 1.82 bits per heavy atom. The Morgan fingerprint density at radius 1 is 1.18 bits per heavy atom. The van der Waals surface area contributed by atoms with Gasteiger partial charge < -0.3 is 9.47 Å². The number of carbonyl (C=O) groups is 1. The summed E-state index contributed by atoms with van der Waals surface area (Å²) < 4.78 is 10.1. The minimum Gasteiger partial charge on any atom is -0.429 e. The molecule has 0 atom stereocenters. The summed E-state index contributed by atoms with van der Waals surface area (Å²) in [5, 5.41) is 0. The van der Waals surface area contributed by atoms with E-state index in [1.807, 2.05) is 52.8 Å². The lowest BCUT2D eigenvalue weighted by Crippen LogP contribution is -2.24. The fourth-order valence-electron chi connectivity index (χ4n) is 1.32. The van der Waals surface area contributed by atoms with Crippen molar-refractivity contribution in [1.29, 1.82) is 0 Å². The maximum absolute atomic E-state index is 11.3. The van der Waals surface area contributed by atoms with Gasteiger partial charge in [0.25, 0.3) is 0 Å². The lowest BCUT2D eigenvalue weighted by molar-refractivity contribution is -0.0108. The number of benzene rings is 1. The van der Waals surface area contributed by atoms with Crippen LogP contribution in [0.15, 0.2) is 18.2 Å². The van der Waals surface area contributed by atoms with Crippen LogP contribution >= 0.6 is 0 Å². The minimum absolute atomic E-state index is 0.246. The van der Waals surface area contributed by atoms with Crippen molar-refractivity contribution in [3.8, 4) is 0 Å². The van der Waals surface area contributed by atoms with E-state index in [0.29, 0.717) is 0 Å². The van der Waals surface area contributed by atoms with Crippen molar-refractivity contribution < 1.29 is 14.3 Å². The van der Waals surface area contributed by atoms with Crippen LogP contribution in [0.5, 0.6) is 0 Å². The Morgan fingerprint density at radius 3 is 2.35 bits per heavy atom. The third-order valence-electron chi connectivity index (χ3n) is 2.32. The van der Waals surface area contributed by atoms with Gasteiger partial charge in [0.15, 0.2) is 0 Å². The number of rotatable bonds is 2. The largest absolute Gasteiger partial charge is 0.509 e. The summed E-state index contributed by atoms with van der Waals surface area (Å²) >= 11 is 0. The second-order valence-electron chi connectivity index (χ2n) is 5.17. The molecule has 0 radical (unpaired) electrons. The monoisotopic (exact) mass is 236 g/mol. The van der Waals surface area contributed by atoms with Crippen LogP contribution in [-0.4, -0.2) is 11.8 Å². The lowest BCUT2D eigenvalue weighted by atomic mass is 10.1. The molecule has 0 heterocycles. The Kier molecular flexibility index (Phi) is 4.16. The van der Waals surface area contributed by atoms with Crippen molar-refractivity contribution in [1.82, 2.24) is 0 Å². The van der Waals surface area contributed by atoms with Crippen molar-refractivity contribution in [2.45, 2.75) is 46.8 Å². The molecule has 0 bridgehead atoms. The molecule has 0 aromatic heterocycles. The van der Waals surface area contributed by atoms with Crippen molar-refractivity contribution in [2.24, 2.45) is 0 Å². The number of hydrogen-bond acceptors (Lipinski definition) is 3. The fourth-order valence-corrected chi connectivity index (χ4v) is 1.32. The van der Waals surface area contributed by atoms with Crippen molar-refractivity contribution in [3.63, 3.8) is 0 Å². The zero-order valence-corrected chi connectivity index (χ0v) is 11.2. The quantitative estimate of drug-likeness (QED) is 0.733. The molecular weight excluding hydrogens is 216 g/mol. The van der Waals surface area contributed by atoms with E-state index in [9.17, 15) is 4.79 Å². The smallest absolute Gasteiger partial charge is 0.429 e. The normalized spacial score (nSPS) is 11.1. The maximum Gasteiger partial charge on any atom is 0.509 e. The van der Waals surface area contributed by atoms with Crippen LogP contribution in [0.3, 0.4) is 0 Å². The number of ether oxygens (including phenoxy) is 2. The van der Waals surface area contributed by atoms with Crippen LogP contribution in [0, 0.1) is 13.8 Å². The van der Waals surface area contributed by atoms with Gasteiger partial charge in [0.1, 0.15) is 12.2 Å². The second-order valence-corrected chi connectivity index (χ2v) is 5.17. The van der Waals surface area contributed by atoms with Gasteiger partial charge in [0.05, 0.1) is 0 Å². The number of aryl methyl sites for hydroxylation is 2. The van der Waals surface area contributed by atoms with E-state index in [1.54, 1.807) is 0 Å². The van der Waals surface area contributed by atoms with Gasteiger partial charge in [0.2, 0.25) is 0 Å². The van der Waals surface area contributed by atoms with Crippen molar-refractivity contribution in [3.05, 3.63) is 34.9 Å². The molecule has 0 aliphatic carbocycles. The summed E-state index contributed by atoms with van der Waals surface area (Å²) in [7, 11) is 0. The van der Waals surface area contributed by atoms with E-state index in [-0.39, 0.29) is 6.61 Å². The van der Waals surface area contributed by atoms with Gasteiger partial charge in [0, 0.05) is 0 Å². The van der Waals surface area contributed by atoms with E-state index in [4.69, 9.17) is 9.47 Å². The number of carbonyl (C=O) groups excluding carboxylic acids is 1. The first-order chi connectivity index (χ1) is 7.78. The van der Waals surface area contributed by atoms with E-state index < -0.39 is 11.8 Å². The highest BCUT2D eigenvalue weighted by Gasteiger charge is 2.17. The Bertz CT molecular complexity index is 402. The molecule has 94 valence electrons. The van der Waals surface area contributed by atoms with Gasteiger partial charge in [-0.3, -0.25) is 0 Å². The van der Waals surface area contributed by atoms with Crippen LogP contribution in [0.25, 0.3) is 0 Å². The summed E-state index contributed by atoms with van der Waals surface area (Å²) in [6, 6.07) is 5.98. The van der Waals surface area contributed by atoms with E-state index in [2.05, 4.69) is 0 Å². The first-order valence-corrected chi connectivity index (χ1v) is 5.70. The van der Waals surface area contributed by atoms with Crippen LogP contribution in [-0.2, 0) is 16.1 Å². The van der Waals surface area contributed by atoms with E-state index in [0.717, 1.165) is 5.56 Å². The highest BCUT2D eigenvalue weighted by molar-refractivity contribution is 5.60. The minimum atomic E-state index is -0.629. The second kappa shape index (κ2) is 5.21. The predicted octanol–water partition coefficient (Wildman–Crippen LogP) is 3.76. The lowest BCUT2D eigenvalue weighted by Gasteiger charge is -2.18. The molecule has 0 fully saturated rings. The third-order valence-corrected chi connectivity index (χ3v) is 2.32.